The van der Waals surface area contributed by atoms with E-state index in [1.54, 1.807) is 0 Å². The lowest BCUT2D eigenvalue weighted by molar-refractivity contribution is -0.134. The number of ether oxygens (including phenoxy) is 1. The van der Waals surface area contributed by atoms with E-state index in [0.717, 1.165) is 16.8 Å². The summed E-state index contributed by atoms with van der Waals surface area (Å²) in [5, 5.41) is 0. The Bertz CT molecular complexity index is 440. The first kappa shape index (κ1) is 9.97. The standard InChI is InChI=1S/C8H8N2O4/c1-14-7(12)3-5-10-6(11)2-4-9-8(10)13/h2-5H,1H3,(H,9,13)/b5-3+. The van der Waals surface area contributed by atoms with Crippen LogP contribution in [0.25, 0.3) is 6.20 Å². The Kier molecular flexibility index (Phi) is 3.01. The van der Waals surface area contributed by atoms with Gasteiger partial charge >= 0.3 is 11.7 Å². The van der Waals surface area contributed by atoms with Crippen molar-refractivity contribution in [2.45, 2.75) is 0 Å². The molecular formula is C8H8N2O4. The molecule has 0 atom stereocenters. The van der Waals surface area contributed by atoms with Crippen LogP contribution in [-0.4, -0.2) is 22.6 Å². The van der Waals surface area contributed by atoms with Crippen LogP contribution in [0.4, 0.5) is 0 Å². The third-order valence-corrected chi connectivity index (χ3v) is 1.45. The van der Waals surface area contributed by atoms with Gasteiger partial charge in [0.2, 0.25) is 0 Å². The quantitative estimate of drug-likeness (QED) is 0.495. The molecule has 0 saturated carbocycles. The Morgan fingerprint density at radius 2 is 2.29 bits per heavy atom. The third-order valence-electron chi connectivity index (χ3n) is 1.45. The number of hydrogen-bond donors (Lipinski definition) is 1. The molecule has 1 aromatic rings. The fourth-order valence-electron chi connectivity index (χ4n) is 0.779. The van der Waals surface area contributed by atoms with Crippen LogP contribution < -0.4 is 11.2 Å². The van der Waals surface area contributed by atoms with Gasteiger partial charge in [0.15, 0.2) is 0 Å². The van der Waals surface area contributed by atoms with E-state index in [0.29, 0.717) is 0 Å². The van der Waals surface area contributed by atoms with E-state index in [1.165, 1.54) is 19.4 Å². The lowest BCUT2D eigenvalue weighted by atomic mass is 10.6. The molecular weight excluding hydrogens is 188 g/mol. The molecule has 1 aromatic heterocycles. The predicted molar refractivity (Wildman–Crippen MR) is 48.7 cm³/mol. The Balaban J connectivity index is 3.09. The van der Waals surface area contributed by atoms with E-state index in [9.17, 15) is 14.4 Å². The molecule has 1 heterocycles. The summed E-state index contributed by atoms with van der Waals surface area (Å²) in [6.45, 7) is 0. The van der Waals surface area contributed by atoms with E-state index in [4.69, 9.17) is 0 Å². The average Bonchev–Trinajstić information content (AvgIpc) is 2.16. The summed E-state index contributed by atoms with van der Waals surface area (Å²) in [4.78, 5) is 35.1. The van der Waals surface area contributed by atoms with Crippen molar-refractivity contribution in [3.63, 3.8) is 0 Å². The molecule has 6 nitrogen and oxygen atoms in total. The van der Waals surface area contributed by atoms with Crippen molar-refractivity contribution < 1.29 is 9.53 Å². The minimum atomic E-state index is -0.639. The van der Waals surface area contributed by atoms with Gasteiger partial charge in [0, 0.05) is 24.5 Å². The highest BCUT2D eigenvalue weighted by Crippen LogP contribution is 1.79. The number of nitrogens with one attached hydrogen (secondary N) is 1. The summed E-state index contributed by atoms with van der Waals surface area (Å²) in [5.41, 5.74) is -1.13. The number of methoxy groups -OCH3 is 1. The molecule has 0 aliphatic rings. The van der Waals surface area contributed by atoms with Gasteiger partial charge in [0.1, 0.15) is 0 Å². The molecule has 0 bridgehead atoms. The molecule has 1 rings (SSSR count). The maximum Gasteiger partial charge on any atom is 0.332 e. The molecule has 74 valence electrons. The average molecular weight is 196 g/mol. The van der Waals surface area contributed by atoms with E-state index in [1.807, 2.05) is 0 Å². The maximum absolute atomic E-state index is 11.1. The van der Waals surface area contributed by atoms with Crippen LogP contribution in [0.5, 0.6) is 0 Å². The SMILES string of the molecule is COC(=O)/C=C/n1c(=O)cc[nH]c1=O. The van der Waals surface area contributed by atoms with Gasteiger partial charge in [-0.05, 0) is 0 Å². The van der Waals surface area contributed by atoms with Gasteiger partial charge in [-0.3, -0.25) is 4.79 Å². The number of aromatic nitrogens is 2. The number of H-pyrrole nitrogens is 1. The summed E-state index contributed by atoms with van der Waals surface area (Å²) in [6.07, 6.45) is 3.26. The van der Waals surface area contributed by atoms with Crippen molar-refractivity contribution in [2.24, 2.45) is 0 Å². The molecule has 0 amide bonds. The number of carbonyl (C=O) groups is 1. The van der Waals surface area contributed by atoms with Gasteiger partial charge in [-0.1, -0.05) is 0 Å². The molecule has 0 fully saturated rings. The van der Waals surface area contributed by atoms with E-state index in [2.05, 4.69) is 9.72 Å². The van der Waals surface area contributed by atoms with Crippen molar-refractivity contribution in [3.05, 3.63) is 39.2 Å². The van der Waals surface area contributed by atoms with Crippen molar-refractivity contribution in [3.8, 4) is 0 Å². The lowest BCUT2D eigenvalue weighted by Gasteiger charge is -1.94. The zero-order chi connectivity index (χ0) is 10.6. The van der Waals surface area contributed by atoms with Gasteiger partial charge < -0.3 is 9.72 Å². The molecule has 0 unspecified atom stereocenters. The molecule has 0 spiro atoms. The number of carbonyl (C=O) groups excluding carboxylic acids is 1. The summed E-state index contributed by atoms with van der Waals surface area (Å²) in [6, 6.07) is 1.17. The number of rotatable bonds is 2. The minimum absolute atomic E-state index is 0.520. The van der Waals surface area contributed by atoms with Gasteiger partial charge in [-0.15, -0.1) is 0 Å². The monoisotopic (exact) mass is 196 g/mol. The molecule has 0 saturated heterocycles. The number of aromatic amines is 1. The Morgan fingerprint density at radius 3 is 2.86 bits per heavy atom. The normalized spacial score (nSPS) is 10.4. The summed E-state index contributed by atoms with van der Waals surface area (Å²) >= 11 is 0. The van der Waals surface area contributed by atoms with Gasteiger partial charge in [0.05, 0.1) is 7.11 Å². The zero-order valence-electron chi connectivity index (χ0n) is 7.39. The number of nitrogens with zero attached hydrogens (tertiary/aromatic N) is 1. The van der Waals surface area contributed by atoms with E-state index >= 15 is 0 Å². The summed E-state index contributed by atoms with van der Waals surface area (Å²) < 4.78 is 5.06. The summed E-state index contributed by atoms with van der Waals surface area (Å²) in [5.74, 6) is -0.639. The van der Waals surface area contributed by atoms with Crippen molar-refractivity contribution >= 4 is 12.2 Å². The molecule has 0 aliphatic carbocycles. The largest absolute Gasteiger partial charge is 0.466 e. The first-order chi connectivity index (χ1) is 6.65. The van der Waals surface area contributed by atoms with Crippen LogP contribution >= 0.6 is 0 Å². The first-order valence-corrected chi connectivity index (χ1v) is 3.71. The smallest absolute Gasteiger partial charge is 0.332 e. The third kappa shape index (κ3) is 2.19. The number of hydrogen-bond acceptors (Lipinski definition) is 4. The van der Waals surface area contributed by atoms with E-state index < -0.39 is 17.2 Å². The second-order valence-corrected chi connectivity index (χ2v) is 2.33. The second-order valence-electron chi connectivity index (χ2n) is 2.33. The molecule has 0 radical (unpaired) electrons. The Hall–Kier alpha value is -2.11. The van der Waals surface area contributed by atoms with Crippen LogP contribution in [0.3, 0.4) is 0 Å². The van der Waals surface area contributed by atoms with Crippen LogP contribution in [0.1, 0.15) is 0 Å². The molecule has 0 aromatic carbocycles. The highest BCUT2D eigenvalue weighted by Gasteiger charge is 1.96. The van der Waals surface area contributed by atoms with Crippen LogP contribution in [0, 0.1) is 0 Å². The lowest BCUT2D eigenvalue weighted by Crippen LogP contribution is -2.30. The minimum Gasteiger partial charge on any atom is -0.466 e. The Morgan fingerprint density at radius 1 is 1.57 bits per heavy atom. The predicted octanol–water partition coefficient (Wildman–Crippen LogP) is -0.820. The second kappa shape index (κ2) is 4.22. The molecule has 14 heavy (non-hydrogen) atoms. The van der Waals surface area contributed by atoms with Crippen LogP contribution in [0.15, 0.2) is 27.9 Å². The van der Waals surface area contributed by atoms with Crippen LogP contribution in [0.2, 0.25) is 0 Å². The number of esters is 1. The molecule has 6 heteroatoms. The Labute approximate surface area is 78.4 Å². The highest BCUT2D eigenvalue weighted by atomic mass is 16.5. The van der Waals surface area contributed by atoms with Crippen molar-refractivity contribution in [2.75, 3.05) is 7.11 Å². The van der Waals surface area contributed by atoms with Crippen molar-refractivity contribution in [1.29, 1.82) is 0 Å². The van der Waals surface area contributed by atoms with E-state index in [-0.39, 0.29) is 0 Å². The van der Waals surface area contributed by atoms with Crippen molar-refractivity contribution in [1.82, 2.24) is 9.55 Å². The molecule has 0 aliphatic heterocycles. The highest BCUT2D eigenvalue weighted by molar-refractivity contribution is 5.84. The van der Waals surface area contributed by atoms with Gasteiger partial charge in [-0.2, -0.15) is 0 Å². The summed E-state index contributed by atoms with van der Waals surface area (Å²) in [7, 11) is 1.20. The first-order valence-electron chi connectivity index (χ1n) is 3.71. The maximum atomic E-state index is 11.1. The fraction of sp³-hybridized carbons (Fsp3) is 0.125. The van der Waals surface area contributed by atoms with Crippen LogP contribution in [-0.2, 0) is 9.53 Å². The zero-order valence-corrected chi connectivity index (χ0v) is 7.39. The van der Waals surface area contributed by atoms with Gasteiger partial charge in [0.25, 0.3) is 5.56 Å². The van der Waals surface area contributed by atoms with Gasteiger partial charge in [-0.25, -0.2) is 14.2 Å². The molecule has 1 N–H and O–H groups in total. The fourth-order valence-corrected chi connectivity index (χ4v) is 0.779. The topological polar surface area (TPSA) is 81.2 Å².